The van der Waals surface area contributed by atoms with Gasteiger partial charge in [0.25, 0.3) is 11.7 Å². The highest BCUT2D eigenvalue weighted by atomic mass is 16.7. The maximum Gasteiger partial charge on any atom is 0.312 e. The average Bonchev–Trinajstić information content (AvgIpc) is 3.42. The van der Waals surface area contributed by atoms with Crippen LogP contribution >= 0.6 is 0 Å². The van der Waals surface area contributed by atoms with Crippen molar-refractivity contribution in [3.8, 4) is 11.5 Å². The van der Waals surface area contributed by atoms with Crippen LogP contribution in [-0.4, -0.2) is 112 Å². The van der Waals surface area contributed by atoms with Gasteiger partial charge in [-0.25, -0.2) is 0 Å². The van der Waals surface area contributed by atoms with Crippen LogP contribution in [0.15, 0.2) is 47.5 Å². The minimum absolute atomic E-state index is 0.000252. The van der Waals surface area contributed by atoms with Crippen molar-refractivity contribution in [3.63, 3.8) is 0 Å². The number of methoxy groups -OCH3 is 1. The number of carbonyl (C=O) groups excluding carboxylic acids is 5. The minimum atomic E-state index is -2.08. The molecule has 5 aliphatic rings. The Hall–Kier alpha value is -4.83. The smallest absolute Gasteiger partial charge is 0.312 e. The van der Waals surface area contributed by atoms with Crippen LogP contribution < -0.4 is 10.1 Å². The first kappa shape index (κ1) is 44.3. The summed E-state index contributed by atoms with van der Waals surface area (Å²) in [5.41, 5.74) is -1.50. The zero-order valence-electron chi connectivity index (χ0n) is 34.9. The first-order chi connectivity index (χ1) is 27.1. The largest absolute Gasteiger partial charge is 0.507 e. The molecule has 0 aromatic heterocycles. The molecule has 0 radical (unpaired) electrons. The summed E-state index contributed by atoms with van der Waals surface area (Å²) in [4.78, 5) is 71.6. The Bertz CT molecular complexity index is 1970. The number of allylic oxidation sites excluding steroid dienone is 4. The molecule has 1 aliphatic carbocycles. The number of hydrogen-bond acceptors (Lipinski definition) is 14. The van der Waals surface area contributed by atoms with Crippen LogP contribution in [0.25, 0.3) is 0 Å². The maximum absolute atomic E-state index is 14.9. The molecule has 316 valence electrons. The van der Waals surface area contributed by atoms with Crippen molar-refractivity contribution in [1.29, 1.82) is 0 Å². The van der Waals surface area contributed by atoms with E-state index in [9.17, 15) is 39.3 Å². The van der Waals surface area contributed by atoms with Crippen LogP contribution in [0.1, 0.15) is 99.0 Å². The van der Waals surface area contributed by atoms with Gasteiger partial charge < -0.3 is 49.2 Å². The Morgan fingerprint density at radius 3 is 2.14 bits per heavy atom. The summed E-state index contributed by atoms with van der Waals surface area (Å²) in [5.74, 6) is -9.14. The van der Waals surface area contributed by atoms with E-state index in [1.807, 2.05) is 0 Å². The molecule has 5 bridgehead atoms. The van der Waals surface area contributed by atoms with E-state index in [2.05, 4.69) is 5.32 Å². The minimum Gasteiger partial charge on any atom is -0.507 e. The lowest BCUT2D eigenvalue weighted by molar-refractivity contribution is -0.160. The molecular weight excluding hydrogens is 752 g/mol. The molecule has 0 spiro atoms. The molecule has 1 aromatic rings. The van der Waals surface area contributed by atoms with Gasteiger partial charge in [0, 0.05) is 68.9 Å². The fourth-order valence-corrected chi connectivity index (χ4v) is 8.34. The van der Waals surface area contributed by atoms with Crippen molar-refractivity contribution < 1.29 is 63.0 Å². The predicted molar refractivity (Wildman–Crippen MR) is 210 cm³/mol. The molecular formula is C43H56N2O13. The van der Waals surface area contributed by atoms with Crippen molar-refractivity contribution in [2.45, 2.75) is 112 Å². The van der Waals surface area contributed by atoms with E-state index in [0.29, 0.717) is 0 Å². The van der Waals surface area contributed by atoms with Crippen LogP contribution in [0.5, 0.6) is 11.5 Å². The predicted octanol–water partition coefficient (Wildman–Crippen LogP) is 4.07. The molecule has 2 unspecified atom stereocenters. The summed E-state index contributed by atoms with van der Waals surface area (Å²) in [5, 5.41) is 37.0. The topological polar surface area (TPSA) is 207 Å². The first-order valence-electron chi connectivity index (χ1n) is 19.6. The molecule has 11 atom stereocenters. The van der Waals surface area contributed by atoms with Crippen LogP contribution in [0.3, 0.4) is 0 Å². The van der Waals surface area contributed by atoms with E-state index in [1.165, 1.54) is 53.2 Å². The quantitative estimate of drug-likeness (QED) is 0.318. The van der Waals surface area contributed by atoms with Gasteiger partial charge in [0.15, 0.2) is 0 Å². The van der Waals surface area contributed by atoms with Gasteiger partial charge in [0.2, 0.25) is 11.6 Å². The van der Waals surface area contributed by atoms with Crippen molar-refractivity contribution in [3.05, 3.63) is 69.8 Å². The van der Waals surface area contributed by atoms with Gasteiger partial charge in [0.1, 0.15) is 29.0 Å². The molecule has 4 heterocycles. The normalized spacial score (nSPS) is 35.7. The Morgan fingerprint density at radius 2 is 1.53 bits per heavy atom. The van der Waals surface area contributed by atoms with Gasteiger partial charge in [0.05, 0.1) is 53.5 Å². The second-order valence-corrected chi connectivity index (χ2v) is 16.2. The van der Waals surface area contributed by atoms with Crippen molar-refractivity contribution >= 4 is 29.2 Å². The number of nitrogens with one attached hydrogen (secondary N) is 1. The highest BCUT2D eigenvalue weighted by molar-refractivity contribution is 6.32. The van der Waals surface area contributed by atoms with E-state index in [4.69, 9.17) is 23.7 Å². The molecule has 15 nitrogen and oxygen atoms in total. The van der Waals surface area contributed by atoms with E-state index in [-0.39, 0.29) is 64.7 Å². The molecule has 0 saturated carbocycles. The summed E-state index contributed by atoms with van der Waals surface area (Å²) in [7, 11) is 1.43. The molecule has 58 heavy (non-hydrogen) atoms. The number of ketones is 3. The second-order valence-electron chi connectivity index (χ2n) is 16.2. The number of carbonyl (C=O) groups is 5. The molecule has 6 rings (SSSR count). The molecule has 15 heteroatoms. The van der Waals surface area contributed by atoms with Gasteiger partial charge in [-0.3, -0.25) is 24.0 Å². The Balaban J connectivity index is 1.69. The zero-order chi connectivity index (χ0) is 43.1. The standard InChI is InChI=1S/C43H56N2O13/c1-19-13-12-14-20(2)42(53)44-32-33(45-17-21(3)56-22(4)18-45)38(51)29-30(37(32)50)36(49)26(8)40-31(29)41(52)43(10,58-40)55-16-15-28(54-11)23(5)39(57-27(9)46)25(7)35(48)24(6)34(19)47/h12-16,19,21-25,28,34-35,39,47-49H,17-18H2,1-11H3,(H,44,53)/b13-12+,16-15+,20-14-/t19-,21?,22?,23+,24+,25-,28-,34-,35-,39+,43-/m0/s1. The number of fused-ring (bicyclic) bond motifs is 14. The highest BCUT2D eigenvalue weighted by Crippen LogP contribution is 2.49. The summed E-state index contributed by atoms with van der Waals surface area (Å²) >= 11 is 0. The molecule has 4 N–H and O–H groups in total. The van der Waals surface area contributed by atoms with E-state index in [1.54, 1.807) is 58.6 Å². The second kappa shape index (κ2) is 17.2. The number of nitrogens with zero attached hydrogens (tertiary/aromatic N) is 1. The Morgan fingerprint density at radius 1 is 0.897 bits per heavy atom. The molecule has 1 aromatic carbocycles. The number of benzene rings is 1. The molecule has 1 fully saturated rings. The van der Waals surface area contributed by atoms with E-state index in [0.717, 1.165) is 0 Å². The van der Waals surface area contributed by atoms with Crippen LogP contribution in [-0.2, 0) is 28.5 Å². The number of hydrogen-bond donors (Lipinski definition) is 4. The van der Waals surface area contributed by atoms with Crippen LogP contribution in [0.4, 0.5) is 0 Å². The third-order valence-electron chi connectivity index (χ3n) is 11.7. The van der Waals surface area contributed by atoms with Gasteiger partial charge >= 0.3 is 11.8 Å². The van der Waals surface area contributed by atoms with Gasteiger partial charge in [-0.2, -0.15) is 0 Å². The van der Waals surface area contributed by atoms with Crippen molar-refractivity contribution in [2.24, 2.45) is 23.7 Å². The van der Waals surface area contributed by atoms with Crippen LogP contribution in [0, 0.1) is 30.6 Å². The lowest BCUT2D eigenvalue weighted by Crippen LogP contribution is -2.49. The summed E-state index contributed by atoms with van der Waals surface area (Å²) in [6.45, 7) is 16.4. The number of aliphatic hydroxyl groups excluding tert-OH is 2. The number of rotatable bonds is 3. The Labute approximate surface area is 338 Å². The number of Topliss-reactive ketones (excluding diaryl/α,β-unsaturated/α-hetero) is 3. The van der Waals surface area contributed by atoms with E-state index < -0.39 is 94.4 Å². The molecule has 4 aliphatic heterocycles. The van der Waals surface area contributed by atoms with Crippen molar-refractivity contribution in [2.75, 3.05) is 20.2 Å². The number of amides is 1. The highest BCUT2D eigenvalue weighted by Gasteiger charge is 2.53. The fourth-order valence-electron chi connectivity index (χ4n) is 8.34. The number of ether oxygens (including phenoxy) is 5. The first-order valence-corrected chi connectivity index (χ1v) is 19.6. The number of aliphatic hydroxyl groups is 2. The number of aromatic hydroxyl groups is 1. The monoisotopic (exact) mass is 808 g/mol. The summed E-state index contributed by atoms with van der Waals surface area (Å²) in [6.07, 6.45) is 2.69. The number of esters is 1. The molecule has 1 amide bonds. The zero-order valence-corrected chi connectivity index (χ0v) is 34.9. The number of phenols is 1. The van der Waals surface area contributed by atoms with Gasteiger partial charge in [-0.1, -0.05) is 45.9 Å². The lowest BCUT2D eigenvalue weighted by Gasteiger charge is -2.39. The number of phenolic OH excluding ortho intramolecular Hbond substituents is 1. The van der Waals surface area contributed by atoms with Gasteiger partial charge in [-0.05, 0) is 33.8 Å². The van der Waals surface area contributed by atoms with Crippen LogP contribution in [0.2, 0.25) is 0 Å². The maximum atomic E-state index is 14.9. The van der Waals surface area contributed by atoms with E-state index >= 15 is 0 Å². The Kier molecular flexibility index (Phi) is 13.1. The molecule has 1 saturated heterocycles. The average molecular weight is 809 g/mol. The third-order valence-corrected chi connectivity index (χ3v) is 11.7. The summed E-state index contributed by atoms with van der Waals surface area (Å²) < 4.78 is 29.4. The van der Waals surface area contributed by atoms with Gasteiger partial charge in [-0.15, -0.1) is 0 Å². The fraction of sp³-hybridized carbons (Fsp3) is 0.558. The number of morpholine rings is 1. The third kappa shape index (κ3) is 8.22. The lowest BCUT2D eigenvalue weighted by atomic mass is 9.78. The summed E-state index contributed by atoms with van der Waals surface area (Å²) in [6, 6.07) is 0. The SMILES string of the molecule is CO[C@H]1/C=C/O[C@@]2(C)Oc3c(C)c(O)c4c(c3C2=O)C(=O)C(N2CC(C)OC(C)C2)=C(NC(=O)/C(C)=C\C=C\[C@H](C)[C@H](O)[C@@H](C)[C@H](O)[C@H](C)[C@H](OC(C)=O)[C@@H]1C)C4=O. The van der Waals surface area contributed by atoms with Crippen molar-refractivity contribution in [1.82, 2.24) is 10.2 Å².